The number of hydrogen-bond acceptors (Lipinski definition) is 2. The molecule has 2 aromatic rings. The lowest BCUT2D eigenvalue weighted by Gasteiger charge is -2.17. The van der Waals surface area contributed by atoms with Gasteiger partial charge in [-0.1, -0.05) is 24.6 Å². The average Bonchev–Trinajstić information content (AvgIpc) is 2.79. The van der Waals surface area contributed by atoms with Gasteiger partial charge in [-0.3, -0.25) is 0 Å². The molecule has 0 aliphatic heterocycles. The van der Waals surface area contributed by atoms with Crippen LogP contribution in [0.5, 0.6) is 0 Å². The van der Waals surface area contributed by atoms with Crippen LogP contribution in [-0.4, -0.2) is 6.54 Å². The molecule has 0 saturated carbocycles. The van der Waals surface area contributed by atoms with Gasteiger partial charge < -0.3 is 9.73 Å². The van der Waals surface area contributed by atoms with E-state index in [0.717, 1.165) is 16.8 Å². The summed E-state index contributed by atoms with van der Waals surface area (Å²) in [6.07, 6.45) is 2.04. The normalized spacial score (nSPS) is 12.6. The Balaban J connectivity index is 2.29. The van der Waals surface area contributed by atoms with Crippen LogP contribution < -0.4 is 5.32 Å². The molecule has 1 heterocycles. The lowest BCUT2D eigenvalue weighted by molar-refractivity contribution is 0.410. The van der Waals surface area contributed by atoms with Crippen LogP contribution in [0.4, 0.5) is 4.39 Å². The number of hydrogen-bond donors (Lipinski definition) is 1. The standard InChI is InChI=1S/C14H14BrClFNO/c1-2-18-13(14-10(15)6-7-19-14)8-9-11(16)4-3-5-12(9)17/h3-7,13,18H,2,8H2,1H3. The molecule has 2 nitrogen and oxygen atoms in total. The quantitative estimate of drug-likeness (QED) is 0.847. The third-order valence-corrected chi connectivity index (χ3v) is 3.89. The smallest absolute Gasteiger partial charge is 0.135 e. The first-order chi connectivity index (χ1) is 9.13. The highest BCUT2D eigenvalue weighted by molar-refractivity contribution is 9.10. The SMILES string of the molecule is CCNC(Cc1c(F)cccc1Cl)c1occc1Br. The highest BCUT2D eigenvalue weighted by atomic mass is 79.9. The number of benzene rings is 1. The van der Waals surface area contributed by atoms with E-state index in [2.05, 4.69) is 21.2 Å². The van der Waals surface area contributed by atoms with E-state index in [1.54, 1.807) is 18.4 Å². The van der Waals surface area contributed by atoms with Gasteiger partial charge in [-0.2, -0.15) is 0 Å². The number of halogens is 3. The van der Waals surface area contributed by atoms with E-state index < -0.39 is 0 Å². The Morgan fingerprint density at radius 2 is 2.21 bits per heavy atom. The van der Waals surface area contributed by atoms with Gasteiger partial charge in [0.2, 0.25) is 0 Å². The van der Waals surface area contributed by atoms with Crippen LogP contribution >= 0.6 is 27.5 Å². The van der Waals surface area contributed by atoms with E-state index in [1.165, 1.54) is 6.07 Å². The molecule has 1 atom stereocenters. The second-order valence-electron chi connectivity index (χ2n) is 4.15. The van der Waals surface area contributed by atoms with Gasteiger partial charge >= 0.3 is 0 Å². The summed E-state index contributed by atoms with van der Waals surface area (Å²) < 4.78 is 20.2. The van der Waals surface area contributed by atoms with Gasteiger partial charge in [0.25, 0.3) is 0 Å². The van der Waals surface area contributed by atoms with Crippen molar-refractivity contribution in [3.05, 3.63) is 57.2 Å². The summed E-state index contributed by atoms with van der Waals surface area (Å²) in [6.45, 7) is 2.75. The van der Waals surface area contributed by atoms with Gasteiger partial charge in [0, 0.05) is 10.6 Å². The third-order valence-electron chi connectivity index (χ3n) is 2.88. The zero-order valence-electron chi connectivity index (χ0n) is 10.4. The summed E-state index contributed by atoms with van der Waals surface area (Å²) in [5.74, 6) is 0.458. The van der Waals surface area contributed by atoms with E-state index in [1.807, 2.05) is 13.0 Å². The van der Waals surface area contributed by atoms with Crippen LogP contribution in [0, 0.1) is 5.82 Å². The minimum absolute atomic E-state index is 0.122. The largest absolute Gasteiger partial charge is 0.466 e. The molecule has 0 spiro atoms. The fraction of sp³-hybridized carbons (Fsp3) is 0.286. The molecule has 0 amide bonds. The fourth-order valence-electron chi connectivity index (χ4n) is 1.99. The van der Waals surface area contributed by atoms with Crippen LogP contribution in [0.1, 0.15) is 24.3 Å². The highest BCUT2D eigenvalue weighted by Crippen LogP contribution is 2.30. The maximum Gasteiger partial charge on any atom is 0.135 e. The van der Waals surface area contributed by atoms with Crippen molar-refractivity contribution in [3.63, 3.8) is 0 Å². The molecular formula is C14H14BrClFNO. The van der Waals surface area contributed by atoms with Gasteiger partial charge in [-0.05, 0) is 47.1 Å². The third kappa shape index (κ3) is 3.38. The molecular weight excluding hydrogens is 333 g/mol. The van der Waals surface area contributed by atoms with Gasteiger partial charge in [0.15, 0.2) is 0 Å². The Labute approximate surface area is 125 Å². The lowest BCUT2D eigenvalue weighted by atomic mass is 10.0. The fourth-order valence-corrected chi connectivity index (χ4v) is 2.71. The number of furan rings is 1. The van der Waals surface area contributed by atoms with Crippen LogP contribution in [0.2, 0.25) is 5.02 Å². The van der Waals surface area contributed by atoms with Crippen molar-refractivity contribution >= 4 is 27.5 Å². The zero-order chi connectivity index (χ0) is 13.8. The Hall–Kier alpha value is -0.840. The first-order valence-corrected chi connectivity index (χ1v) is 7.19. The molecule has 1 aromatic carbocycles. The average molecular weight is 347 g/mol. The number of nitrogens with one attached hydrogen (secondary N) is 1. The highest BCUT2D eigenvalue weighted by Gasteiger charge is 2.20. The second kappa shape index (κ2) is 6.55. The summed E-state index contributed by atoms with van der Waals surface area (Å²) in [6, 6.07) is 6.42. The van der Waals surface area contributed by atoms with Gasteiger partial charge in [0.1, 0.15) is 11.6 Å². The summed E-state index contributed by atoms with van der Waals surface area (Å²) in [5, 5.41) is 3.72. The molecule has 19 heavy (non-hydrogen) atoms. The molecule has 0 radical (unpaired) electrons. The van der Waals surface area contributed by atoms with Crippen molar-refractivity contribution in [2.75, 3.05) is 6.54 Å². The molecule has 102 valence electrons. The minimum Gasteiger partial charge on any atom is -0.466 e. The first kappa shape index (κ1) is 14.6. The number of likely N-dealkylation sites (N-methyl/N-ethyl adjacent to an activating group) is 1. The lowest BCUT2D eigenvalue weighted by Crippen LogP contribution is -2.23. The first-order valence-electron chi connectivity index (χ1n) is 6.02. The summed E-state index contributed by atoms with van der Waals surface area (Å²) >= 11 is 9.49. The molecule has 0 fully saturated rings. The van der Waals surface area contributed by atoms with E-state index >= 15 is 0 Å². The zero-order valence-corrected chi connectivity index (χ0v) is 12.8. The van der Waals surface area contributed by atoms with Crippen LogP contribution in [0.25, 0.3) is 0 Å². The molecule has 0 aliphatic rings. The van der Waals surface area contributed by atoms with Crippen molar-refractivity contribution in [1.82, 2.24) is 5.32 Å². The van der Waals surface area contributed by atoms with Gasteiger partial charge in [-0.25, -0.2) is 4.39 Å². The molecule has 5 heteroatoms. The topological polar surface area (TPSA) is 25.2 Å². The molecule has 1 unspecified atom stereocenters. The molecule has 1 N–H and O–H groups in total. The maximum absolute atomic E-state index is 13.8. The van der Waals surface area contributed by atoms with Crippen molar-refractivity contribution in [3.8, 4) is 0 Å². The predicted octanol–water partition coefficient (Wildman–Crippen LogP) is 4.73. The van der Waals surface area contributed by atoms with Crippen LogP contribution in [0.3, 0.4) is 0 Å². The van der Waals surface area contributed by atoms with Crippen molar-refractivity contribution in [2.45, 2.75) is 19.4 Å². The monoisotopic (exact) mass is 345 g/mol. The molecule has 2 rings (SSSR count). The molecule has 0 bridgehead atoms. The Bertz CT molecular complexity index is 538. The molecule has 1 aromatic heterocycles. The second-order valence-corrected chi connectivity index (χ2v) is 5.41. The van der Waals surface area contributed by atoms with Crippen molar-refractivity contribution in [2.24, 2.45) is 0 Å². The summed E-state index contributed by atoms with van der Waals surface area (Å²) in [7, 11) is 0. The van der Waals surface area contributed by atoms with E-state index in [4.69, 9.17) is 16.0 Å². The number of rotatable bonds is 5. The summed E-state index contributed by atoms with van der Waals surface area (Å²) in [5.41, 5.74) is 0.499. The molecule has 0 saturated heterocycles. The van der Waals surface area contributed by atoms with E-state index in [-0.39, 0.29) is 11.9 Å². The Kier molecular flexibility index (Phi) is 5.02. The van der Waals surface area contributed by atoms with E-state index in [0.29, 0.717) is 17.0 Å². The van der Waals surface area contributed by atoms with Crippen LogP contribution in [0.15, 0.2) is 39.4 Å². The maximum atomic E-state index is 13.8. The summed E-state index contributed by atoms with van der Waals surface area (Å²) in [4.78, 5) is 0. The van der Waals surface area contributed by atoms with Crippen molar-refractivity contribution in [1.29, 1.82) is 0 Å². The van der Waals surface area contributed by atoms with E-state index in [9.17, 15) is 4.39 Å². The minimum atomic E-state index is -0.293. The van der Waals surface area contributed by atoms with Crippen LogP contribution in [-0.2, 0) is 6.42 Å². The van der Waals surface area contributed by atoms with Gasteiger partial charge in [-0.15, -0.1) is 0 Å². The molecule has 0 aliphatic carbocycles. The predicted molar refractivity (Wildman–Crippen MR) is 77.9 cm³/mol. The van der Waals surface area contributed by atoms with Crippen molar-refractivity contribution < 1.29 is 8.81 Å². The van der Waals surface area contributed by atoms with Gasteiger partial charge in [0.05, 0.1) is 16.8 Å². The Morgan fingerprint density at radius 3 is 2.79 bits per heavy atom. The Morgan fingerprint density at radius 1 is 1.42 bits per heavy atom.